The van der Waals surface area contributed by atoms with Crippen molar-refractivity contribution in [3.63, 3.8) is 0 Å². The first-order valence-electron chi connectivity index (χ1n) is 5.86. The van der Waals surface area contributed by atoms with Crippen LogP contribution in [0, 0.1) is 5.92 Å². The fourth-order valence-corrected chi connectivity index (χ4v) is 3.50. The third kappa shape index (κ3) is 3.57. The third-order valence-corrected chi connectivity index (χ3v) is 4.47. The topological polar surface area (TPSA) is 122 Å². The van der Waals surface area contributed by atoms with Crippen LogP contribution in [0.4, 0.5) is 4.79 Å². The Morgan fingerprint density at radius 2 is 2.00 bits per heavy atom. The standard InChI is InChI=1S/C10H18N2O6S/c1-7-5-3-4-6-10(7,8(13)14)12-19(16,17)11-9(15)18-2/h7,12H,3-6H2,1-2H3,(H,11,15)(H,13,14). The van der Waals surface area contributed by atoms with Gasteiger partial charge in [-0.25, -0.2) is 9.52 Å². The minimum Gasteiger partial charge on any atom is -0.480 e. The summed E-state index contributed by atoms with van der Waals surface area (Å²) in [5.74, 6) is -1.61. The second kappa shape index (κ2) is 5.74. The van der Waals surface area contributed by atoms with Crippen LogP contribution in [0.3, 0.4) is 0 Å². The summed E-state index contributed by atoms with van der Waals surface area (Å²) in [4.78, 5) is 22.4. The number of ether oxygens (including phenoxy) is 1. The van der Waals surface area contributed by atoms with E-state index in [1.165, 1.54) is 0 Å². The van der Waals surface area contributed by atoms with Gasteiger partial charge in [0.05, 0.1) is 7.11 Å². The van der Waals surface area contributed by atoms with Crippen molar-refractivity contribution < 1.29 is 27.9 Å². The number of methoxy groups -OCH3 is 1. The summed E-state index contributed by atoms with van der Waals surface area (Å²) in [6.45, 7) is 1.67. The SMILES string of the molecule is COC(=O)NS(=O)(=O)NC1(C(=O)O)CCCCC1C. The van der Waals surface area contributed by atoms with Crippen molar-refractivity contribution in [1.29, 1.82) is 0 Å². The summed E-state index contributed by atoms with van der Waals surface area (Å²) in [5, 5.41) is 9.34. The minimum atomic E-state index is -4.28. The van der Waals surface area contributed by atoms with Gasteiger partial charge in [-0.05, 0) is 18.8 Å². The molecule has 0 aromatic rings. The van der Waals surface area contributed by atoms with Gasteiger partial charge >= 0.3 is 22.3 Å². The number of hydrogen-bond donors (Lipinski definition) is 3. The van der Waals surface area contributed by atoms with E-state index in [1.807, 2.05) is 0 Å². The van der Waals surface area contributed by atoms with Gasteiger partial charge in [0.25, 0.3) is 0 Å². The van der Waals surface area contributed by atoms with E-state index in [-0.39, 0.29) is 12.3 Å². The molecule has 110 valence electrons. The van der Waals surface area contributed by atoms with Crippen molar-refractivity contribution in [3.8, 4) is 0 Å². The molecule has 0 bridgehead atoms. The van der Waals surface area contributed by atoms with Crippen LogP contribution in [0.25, 0.3) is 0 Å². The van der Waals surface area contributed by atoms with E-state index >= 15 is 0 Å². The highest BCUT2D eigenvalue weighted by molar-refractivity contribution is 7.88. The average Bonchev–Trinajstić information content (AvgIpc) is 2.30. The Kier molecular flexibility index (Phi) is 4.75. The van der Waals surface area contributed by atoms with E-state index in [1.54, 1.807) is 11.6 Å². The predicted molar refractivity (Wildman–Crippen MR) is 65.6 cm³/mol. The molecule has 1 aliphatic rings. The molecule has 0 aromatic carbocycles. The summed E-state index contributed by atoms with van der Waals surface area (Å²) >= 11 is 0. The molecular formula is C10H18N2O6S. The Morgan fingerprint density at radius 1 is 1.37 bits per heavy atom. The fraction of sp³-hybridized carbons (Fsp3) is 0.800. The highest BCUT2D eigenvalue weighted by atomic mass is 32.2. The van der Waals surface area contributed by atoms with Gasteiger partial charge in [0.2, 0.25) is 0 Å². The van der Waals surface area contributed by atoms with Gasteiger partial charge in [0, 0.05) is 0 Å². The normalized spacial score (nSPS) is 27.6. The van der Waals surface area contributed by atoms with Gasteiger partial charge < -0.3 is 9.84 Å². The quantitative estimate of drug-likeness (QED) is 0.681. The monoisotopic (exact) mass is 294 g/mol. The van der Waals surface area contributed by atoms with Crippen molar-refractivity contribution in [3.05, 3.63) is 0 Å². The van der Waals surface area contributed by atoms with E-state index < -0.39 is 27.8 Å². The van der Waals surface area contributed by atoms with E-state index in [4.69, 9.17) is 0 Å². The number of carboxylic acids is 1. The van der Waals surface area contributed by atoms with E-state index in [0.29, 0.717) is 12.8 Å². The van der Waals surface area contributed by atoms with Crippen LogP contribution in [0.15, 0.2) is 0 Å². The van der Waals surface area contributed by atoms with Gasteiger partial charge in [0.1, 0.15) is 5.54 Å². The highest BCUT2D eigenvalue weighted by Crippen LogP contribution is 2.34. The lowest BCUT2D eigenvalue weighted by Crippen LogP contribution is -2.62. The van der Waals surface area contributed by atoms with Gasteiger partial charge in [-0.15, -0.1) is 0 Å². The Morgan fingerprint density at radius 3 is 2.47 bits per heavy atom. The molecule has 1 rings (SSSR count). The van der Waals surface area contributed by atoms with Gasteiger partial charge in [-0.2, -0.15) is 13.1 Å². The maximum absolute atomic E-state index is 11.7. The maximum Gasteiger partial charge on any atom is 0.421 e. The molecule has 8 nitrogen and oxygen atoms in total. The lowest BCUT2D eigenvalue weighted by atomic mass is 9.74. The fourth-order valence-electron chi connectivity index (χ4n) is 2.28. The average molecular weight is 294 g/mol. The molecule has 19 heavy (non-hydrogen) atoms. The Hall–Kier alpha value is -1.35. The van der Waals surface area contributed by atoms with Gasteiger partial charge in [-0.1, -0.05) is 19.8 Å². The molecule has 1 amide bonds. The first-order chi connectivity index (χ1) is 8.73. The lowest BCUT2D eigenvalue weighted by Gasteiger charge is -2.38. The number of carbonyl (C=O) groups excluding carboxylic acids is 1. The molecule has 3 N–H and O–H groups in total. The van der Waals surface area contributed by atoms with Crippen LogP contribution >= 0.6 is 0 Å². The van der Waals surface area contributed by atoms with Crippen LogP contribution in [0.5, 0.6) is 0 Å². The van der Waals surface area contributed by atoms with Crippen molar-refractivity contribution in [1.82, 2.24) is 9.44 Å². The third-order valence-electron chi connectivity index (χ3n) is 3.40. The van der Waals surface area contributed by atoms with E-state index in [2.05, 4.69) is 9.46 Å². The zero-order valence-electron chi connectivity index (χ0n) is 10.8. The summed E-state index contributed by atoms with van der Waals surface area (Å²) < 4.78 is 31.3. The second-order valence-corrected chi connectivity index (χ2v) is 6.04. The summed E-state index contributed by atoms with van der Waals surface area (Å²) in [6.07, 6.45) is 1.08. The number of aliphatic carboxylic acids is 1. The maximum atomic E-state index is 11.7. The van der Waals surface area contributed by atoms with Crippen molar-refractivity contribution >= 4 is 22.3 Å². The minimum absolute atomic E-state index is 0.186. The van der Waals surface area contributed by atoms with E-state index in [9.17, 15) is 23.1 Å². The zero-order chi connectivity index (χ0) is 14.7. The van der Waals surface area contributed by atoms with Crippen molar-refractivity contribution in [2.24, 2.45) is 5.92 Å². The van der Waals surface area contributed by atoms with Crippen LogP contribution < -0.4 is 9.44 Å². The summed E-state index contributed by atoms with van der Waals surface area (Å²) in [6, 6.07) is 0. The molecule has 1 aliphatic carbocycles. The predicted octanol–water partition coefficient (Wildman–Crippen LogP) is 0.210. The second-order valence-electron chi connectivity index (χ2n) is 4.62. The summed E-state index contributed by atoms with van der Waals surface area (Å²) in [5.41, 5.74) is -1.59. The Bertz CT molecular complexity index is 463. The van der Waals surface area contributed by atoms with Crippen LogP contribution in [-0.2, 0) is 19.7 Å². The molecule has 0 heterocycles. The molecule has 2 unspecified atom stereocenters. The molecule has 1 saturated carbocycles. The summed E-state index contributed by atoms with van der Waals surface area (Å²) in [7, 11) is -3.27. The largest absolute Gasteiger partial charge is 0.480 e. The molecule has 0 saturated heterocycles. The highest BCUT2D eigenvalue weighted by Gasteiger charge is 2.48. The number of carboxylic acid groups (broad SMARTS) is 1. The van der Waals surface area contributed by atoms with Crippen LogP contribution in [-0.4, -0.2) is 38.2 Å². The molecule has 0 spiro atoms. The Balaban J connectivity index is 2.96. The lowest BCUT2D eigenvalue weighted by molar-refractivity contribution is -0.147. The Labute approximate surface area is 111 Å². The smallest absolute Gasteiger partial charge is 0.421 e. The van der Waals surface area contributed by atoms with Crippen molar-refractivity contribution in [2.45, 2.75) is 38.1 Å². The number of nitrogens with one attached hydrogen (secondary N) is 2. The molecule has 2 atom stereocenters. The first kappa shape index (κ1) is 15.7. The number of hydrogen-bond acceptors (Lipinski definition) is 5. The van der Waals surface area contributed by atoms with Gasteiger partial charge in [-0.3, -0.25) is 4.79 Å². The van der Waals surface area contributed by atoms with Crippen LogP contribution in [0.1, 0.15) is 32.6 Å². The number of rotatable bonds is 4. The van der Waals surface area contributed by atoms with Crippen molar-refractivity contribution in [2.75, 3.05) is 7.11 Å². The van der Waals surface area contributed by atoms with Crippen LogP contribution in [0.2, 0.25) is 0 Å². The molecule has 0 radical (unpaired) electrons. The number of amides is 1. The molecule has 1 fully saturated rings. The molecular weight excluding hydrogens is 276 g/mol. The van der Waals surface area contributed by atoms with E-state index in [0.717, 1.165) is 13.5 Å². The molecule has 0 aromatic heterocycles. The van der Waals surface area contributed by atoms with Gasteiger partial charge in [0.15, 0.2) is 0 Å². The first-order valence-corrected chi connectivity index (χ1v) is 7.35. The molecule has 9 heteroatoms. The molecule has 0 aliphatic heterocycles. The number of carbonyl (C=O) groups is 2. The zero-order valence-corrected chi connectivity index (χ0v) is 11.6.